The van der Waals surface area contributed by atoms with E-state index in [-0.39, 0.29) is 30.0 Å². The number of hydrogen-bond acceptors (Lipinski definition) is 7. The van der Waals surface area contributed by atoms with Gasteiger partial charge in [0.15, 0.2) is 11.0 Å². The van der Waals surface area contributed by atoms with E-state index in [2.05, 4.69) is 20.8 Å². The van der Waals surface area contributed by atoms with Crippen molar-refractivity contribution in [3.8, 4) is 11.5 Å². The highest BCUT2D eigenvalue weighted by Crippen LogP contribution is 2.22. The molecule has 0 saturated carbocycles. The number of anilines is 1. The normalized spacial score (nSPS) is 11.5. The van der Waals surface area contributed by atoms with Crippen molar-refractivity contribution in [3.05, 3.63) is 59.9 Å². The quantitative estimate of drug-likeness (QED) is 0.402. The van der Waals surface area contributed by atoms with Crippen LogP contribution < -0.4 is 20.1 Å². The Morgan fingerprint density at radius 2 is 1.76 bits per heavy atom. The molecule has 0 aliphatic rings. The minimum Gasteiger partial charge on any atom is -0.497 e. The molecule has 0 aliphatic heterocycles. The highest BCUT2D eigenvalue weighted by atomic mass is 32.2. The van der Waals surface area contributed by atoms with Crippen LogP contribution >= 0.6 is 11.8 Å². The number of carbonyl (C=O) groups excluding carboxylic acids is 2. The molecule has 0 spiro atoms. The second-order valence-corrected chi connectivity index (χ2v) is 8.41. The fourth-order valence-electron chi connectivity index (χ4n) is 3.34. The standard InChI is InChI=1S/C24H29N5O4S/c1-5-29-23(16(2)25-21(30)13-17-9-11-19(32-3)12-10-17)27-28-24(29)34-15-22(31)26-18-7-6-8-20(14-18)33-4/h6-12,14,16H,5,13,15H2,1-4H3,(H,25,30)(H,26,31)/t16-/m0/s1. The second kappa shape index (κ2) is 12.1. The molecule has 2 aromatic carbocycles. The zero-order valence-corrected chi connectivity index (χ0v) is 20.5. The number of nitrogens with zero attached hydrogens (tertiary/aromatic N) is 3. The average molecular weight is 484 g/mol. The number of hydrogen-bond donors (Lipinski definition) is 2. The van der Waals surface area contributed by atoms with Gasteiger partial charge in [0.2, 0.25) is 11.8 Å². The fraction of sp³-hybridized carbons (Fsp3) is 0.333. The predicted octanol–water partition coefficient (Wildman–Crippen LogP) is 3.47. The van der Waals surface area contributed by atoms with Crippen LogP contribution in [-0.4, -0.2) is 46.6 Å². The highest BCUT2D eigenvalue weighted by Gasteiger charge is 2.20. The molecule has 0 saturated heterocycles. The summed E-state index contributed by atoms with van der Waals surface area (Å²) in [4.78, 5) is 24.9. The van der Waals surface area contributed by atoms with E-state index in [4.69, 9.17) is 9.47 Å². The fourth-order valence-corrected chi connectivity index (χ4v) is 4.15. The smallest absolute Gasteiger partial charge is 0.234 e. The average Bonchev–Trinajstić information content (AvgIpc) is 3.26. The molecule has 0 unspecified atom stereocenters. The molecule has 0 bridgehead atoms. The third kappa shape index (κ3) is 6.74. The summed E-state index contributed by atoms with van der Waals surface area (Å²) in [5, 5.41) is 14.9. The number of benzene rings is 2. The third-order valence-corrected chi connectivity index (χ3v) is 6.00. The monoisotopic (exact) mass is 483 g/mol. The summed E-state index contributed by atoms with van der Waals surface area (Å²) >= 11 is 1.29. The van der Waals surface area contributed by atoms with Gasteiger partial charge in [-0.15, -0.1) is 10.2 Å². The van der Waals surface area contributed by atoms with Gasteiger partial charge in [0, 0.05) is 18.3 Å². The summed E-state index contributed by atoms with van der Waals surface area (Å²) in [5.41, 5.74) is 1.55. The maximum Gasteiger partial charge on any atom is 0.234 e. The molecular weight excluding hydrogens is 454 g/mol. The number of nitrogens with one attached hydrogen (secondary N) is 2. The van der Waals surface area contributed by atoms with Crippen LogP contribution in [0.25, 0.3) is 0 Å². The van der Waals surface area contributed by atoms with Crippen molar-refractivity contribution in [3.63, 3.8) is 0 Å². The van der Waals surface area contributed by atoms with E-state index >= 15 is 0 Å². The molecule has 3 rings (SSSR count). The van der Waals surface area contributed by atoms with Crippen LogP contribution in [0.5, 0.6) is 11.5 Å². The lowest BCUT2D eigenvalue weighted by molar-refractivity contribution is -0.121. The first-order chi connectivity index (χ1) is 16.4. The van der Waals surface area contributed by atoms with E-state index in [0.717, 1.165) is 11.3 Å². The number of methoxy groups -OCH3 is 2. The van der Waals surface area contributed by atoms with Crippen LogP contribution in [0.3, 0.4) is 0 Å². The lowest BCUT2D eigenvalue weighted by Gasteiger charge is -2.15. The number of thioether (sulfide) groups is 1. The largest absolute Gasteiger partial charge is 0.497 e. The van der Waals surface area contributed by atoms with Crippen LogP contribution in [0.15, 0.2) is 53.7 Å². The summed E-state index contributed by atoms with van der Waals surface area (Å²) < 4.78 is 12.2. The number of rotatable bonds is 11. The van der Waals surface area contributed by atoms with Crippen molar-refractivity contribution >= 4 is 29.3 Å². The molecule has 34 heavy (non-hydrogen) atoms. The Bertz CT molecular complexity index is 1120. The molecule has 1 aromatic heterocycles. The molecule has 9 nitrogen and oxygen atoms in total. The number of carbonyl (C=O) groups is 2. The van der Waals surface area contributed by atoms with E-state index in [0.29, 0.717) is 29.0 Å². The van der Waals surface area contributed by atoms with Gasteiger partial charge in [0.1, 0.15) is 11.5 Å². The van der Waals surface area contributed by atoms with E-state index in [9.17, 15) is 9.59 Å². The first-order valence-corrected chi connectivity index (χ1v) is 11.8. The van der Waals surface area contributed by atoms with Gasteiger partial charge in [-0.1, -0.05) is 30.0 Å². The SMILES string of the molecule is CCn1c(SCC(=O)Nc2cccc(OC)c2)nnc1[C@H](C)NC(=O)Cc1ccc(OC)cc1. The predicted molar refractivity (Wildman–Crippen MR) is 131 cm³/mol. The Labute approximate surface area is 203 Å². The van der Waals surface area contributed by atoms with Gasteiger partial charge in [0.05, 0.1) is 32.4 Å². The van der Waals surface area contributed by atoms with Crippen molar-refractivity contribution in [2.45, 2.75) is 38.0 Å². The Morgan fingerprint density at radius 3 is 2.44 bits per heavy atom. The molecule has 10 heteroatoms. The van der Waals surface area contributed by atoms with Gasteiger partial charge in [-0.25, -0.2) is 0 Å². The van der Waals surface area contributed by atoms with E-state index in [1.54, 1.807) is 26.4 Å². The van der Waals surface area contributed by atoms with Crippen LogP contribution in [0.4, 0.5) is 5.69 Å². The maximum absolute atomic E-state index is 12.5. The van der Waals surface area contributed by atoms with Crippen molar-refractivity contribution in [1.29, 1.82) is 0 Å². The number of aromatic nitrogens is 3. The minimum absolute atomic E-state index is 0.116. The zero-order valence-electron chi connectivity index (χ0n) is 19.7. The zero-order chi connectivity index (χ0) is 24.5. The molecular formula is C24H29N5O4S. The van der Waals surface area contributed by atoms with Gasteiger partial charge >= 0.3 is 0 Å². The second-order valence-electron chi connectivity index (χ2n) is 7.47. The maximum atomic E-state index is 12.5. The molecule has 180 valence electrons. The number of amides is 2. The van der Waals surface area contributed by atoms with Crippen LogP contribution in [0.2, 0.25) is 0 Å². The number of ether oxygens (including phenoxy) is 2. The van der Waals surface area contributed by atoms with Crippen LogP contribution in [0.1, 0.15) is 31.3 Å². The first-order valence-electron chi connectivity index (χ1n) is 10.9. The van der Waals surface area contributed by atoms with Crippen molar-refractivity contribution in [1.82, 2.24) is 20.1 Å². The topological polar surface area (TPSA) is 107 Å². The summed E-state index contributed by atoms with van der Waals surface area (Å²) in [7, 11) is 3.18. The van der Waals surface area contributed by atoms with E-state index in [1.807, 2.05) is 54.8 Å². The molecule has 2 amide bonds. The Morgan fingerprint density at radius 1 is 1.03 bits per heavy atom. The molecule has 3 aromatic rings. The van der Waals surface area contributed by atoms with Gasteiger partial charge in [-0.3, -0.25) is 9.59 Å². The van der Waals surface area contributed by atoms with Gasteiger partial charge in [-0.2, -0.15) is 0 Å². The molecule has 0 radical (unpaired) electrons. The Kier molecular flexibility index (Phi) is 8.92. The van der Waals surface area contributed by atoms with Gasteiger partial charge in [0.25, 0.3) is 0 Å². The molecule has 1 heterocycles. The Hall–Kier alpha value is -3.53. The Balaban J connectivity index is 1.56. The highest BCUT2D eigenvalue weighted by molar-refractivity contribution is 7.99. The summed E-state index contributed by atoms with van der Waals surface area (Å²) in [5.74, 6) is 1.95. The minimum atomic E-state index is -0.335. The summed E-state index contributed by atoms with van der Waals surface area (Å²) in [6.07, 6.45) is 0.251. The summed E-state index contributed by atoms with van der Waals surface area (Å²) in [6.45, 7) is 4.45. The van der Waals surface area contributed by atoms with Gasteiger partial charge < -0.3 is 24.7 Å². The molecule has 0 fully saturated rings. The molecule has 2 N–H and O–H groups in total. The summed E-state index contributed by atoms with van der Waals surface area (Å²) in [6, 6.07) is 14.2. The first kappa shape index (κ1) is 25.1. The van der Waals surface area contributed by atoms with Crippen molar-refractivity contribution < 1.29 is 19.1 Å². The lowest BCUT2D eigenvalue weighted by Crippen LogP contribution is -2.30. The van der Waals surface area contributed by atoms with Crippen LogP contribution in [0, 0.1) is 0 Å². The van der Waals surface area contributed by atoms with Crippen molar-refractivity contribution in [2.75, 3.05) is 25.3 Å². The molecule has 1 atom stereocenters. The third-order valence-electron chi connectivity index (χ3n) is 5.04. The van der Waals surface area contributed by atoms with E-state index in [1.165, 1.54) is 11.8 Å². The lowest BCUT2D eigenvalue weighted by atomic mass is 10.1. The van der Waals surface area contributed by atoms with Gasteiger partial charge in [-0.05, 0) is 43.7 Å². The van der Waals surface area contributed by atoms with Crippen LogP contribution in [-0.2, 0) is 22.6 Å². The van der Waals surface area contributed by atoms with E-state index < -0.39 is 0 Å². The molecule has 0 aliphatic carbocycles. The van der Waals surface area contributed by atoms with Crippen molar-refractivity contribution in [2.24, 2.45) is 0 Å².